The number of para-hydroxylation sites is 1. The number of benzene rings is 2. The molecule has 25 heavy (non-hydrogen) atoms. The van der Waals surface area contributed by atoms with Crippen molar-refractivity contribution in [1.29, 1.82) is 0 Å². The summed E-state index contributed by atoms with van der Waals surface area (Å²) in [7, 11) is 0. The van der Waals surface area contributed by atoms with E-state index in [0.29, 0.717) is 11.4 Å². The van der Waals surface area contributed by atoms with E-state index in [9.17, 15) is 26.3 Å². The van der Waals surface area contributed by atoms with E-state index < -0.39 is 23.6 Å². The Labute approximate surface area is 138 Å². The number of aromatic nitrogens is 1. The maximum absolute atomic E-state index is 13.1. The lowest BCUT2D eigenvalue weighted by Crippen LogP contribution is -2.13. The van der Waals surface area contributed by atoms with Gasteiger partial charge in [0, 0.05) is 16.8 Å². The highest BCUT2D eigenvalue weighted by atomic mass is 19.4. The maximum Gasteiger partial charge on any atom is 0.433 e. The van der Waals surface area contributed by atoms with E-state index in [1.165, 1.54) is 6.07 Å². The molecule has 0 bridgehead atoms. The van der Waals surface area contributed by atoms with Crippen LogP contribution in [0.2, 0.25) is 0 Å². The number of hydrogen-bond donors (Lipinski definition) is 1. The first kappa shape index (κ1) is 17.1. The summed E-state index contributed by atoms with van der Waals surface area (Å²) in [5, 5.41) is 2.52. The van der Waals surface area contributed by atoms with Crippen molar-refractivity contribution in [3.05, 3.63) is 65.9 Å². The molecule has 8 heteroatoms. The van der Waals surface area contributed by atoms with Crippen molar-refractivity contribution >= 4 is 22.3 Å². The molecule has 2 aromatic carbocycles. The van der Waals surface area contributed by atoms with Gasteiger partial charge in [0.05, 0.1) is 11.1 Å². The summed E-state index contributed by atoms with van der Waals surface area (Å²) in [6, 6.07) is 12.3. The first-order chi connectivity index (χ1) is 11.6. The highest BCUT2D eigenvalue weighted by Gasteiger charge is 2.39. The van der Waals surface area contributed by atoms with Crippen molar-refractivity contribution in [2.45, 2.75) is 12.4 Å². The van der Waals surface area contributed by atoms with Gasteiger partial charge in [-0.2, -0.15) is 26.3 Å². The zero-order valence-electron chi connectivity index (χ0n) is 12.4. The van der Waals surface area contributed by atoms with E-state index in [2.05, 4.69) is 10.3 Å². The largest absolute Gasteiger partial charge is 0.433 e. The molecule has 0 unspecified atom stereocenters. The highest BCUT2D eigenvalue weighted by molar-refractivity contribution is 5.86. The van der Waals surface area contributed by atoms with Crippen LogP contribution in [-0.4, -0.2) is 4.98 Å². The monoisotopic (exact) mass is 356 g/mol. The van der Waals surface area contributed by atoms with E-state index >= 15 is 0 Å². The number of fused-ring (bicyclic) bond motifs is 1. The van der Waals surface area contributed by atoms with Gasteiger partial charge in [-0.05, 0) is 30.3 Å². The second-order valence-corrected chi connectivity index (χ2v) is 5.27. The van der Waals surface area contributed by atoms with E-state index in [4.69, 9.17) is 0 Å². The molecule has 0 atom stereocenters. The number of alkyl halides is 6. The highest BCUT2D eigenvalue weighted by Crippen LogP contribution is 2.39. The van der Waals surface area contributed by atoms with Crippen LogP contribution in [0.1, 0.15) is 11.3 Å². The number of hydrogen-bond acceptors (Lipinski definition) is 2. The second-order valence-electron chi connectivity index (χ2n) is 5.27. The fourth-order valence-electron chi connectivity index (χ4n) is 2.37. The van der Waals surface area contributed by atoms with Gasteiger partial charge < -0.3 is 5.32 Å². The van der Waals surface area contributed by atoms with Gasteiger partial charge >= 0.3 is 12.4 Å². The molecule has 0 aliphatic rings. The molecule has 1 aromatic heterocycles. The van der Waals surface area contributed by atoms with E-state index in [1.807, 2.05) is 0 Å². The molecule has 0 spiro atoms. The van der Waals surface area contributed by atoms with Crippen LogP contribution in [-0.2, 0) is 12.4 Å². The maximum atomic E-state index is 13.1. The molecule has 2 nitrogen and oxygen atoms in total. The lowest BCUT2D eigenvalue weighted by Gasteiger charge is -2.15. The number of pyridine rings is 1. The number of halogens is 6. The SMILES string of the molecule is FC(F)(F)c1cc(C(F)(F)F)c2ccc(Nc3ccccc3)cc2n1. The fraction of sp³-hybridized carbons (Fsp3) is 0.118. The molecule has 130 valence electrons. The van der Waals surface area contributed by atoms with Crippen LogP contribution >= 0.6 is 0 Å². The summed E-state index contributed by atoms with van der Waals surface area (Å²) in [6.45, 7) is 0. The summed E-state index contributed by atoms with van der Waals surface area (Å²) in [5.74, 6) is 0. The Morgan fingerprint density at radius 3 is 2.00 bits per heavy atom. The summed E-state index contributed by atoms with van der Waals surface area (Å²) in [5.41, 5.74) is -2.35. The van der Waals surface area contributed by atoms with Crippen LogP contribution in [0.25, 0.3) is 10.9 Å². The third-order valence-electron chi connectivity index (χ3n) is 3.47. The van der Waals surface area contributed by atoms with Crippen molar-refractivity contribution in [2.75, 3.05) is 5.32 Å². The lowest BCUT2D eigenvalue weighted by atomic mass is 10.1. The van der Waals surface area contributed by atoms with Crippen molar-refractivity contribution in [3.8, 4) is 0 Å². The van der Waals surface area contributed by atoms with E-state index in [0.717, 1.165) is 12.1 Å². The normalized spacial score (nSPS) is 12.4. The van der Waals surface area contributed by atoms with Gasteiger partial charge in [-0.25, -0.2) is 4.98 Å². The molecule has 1 N–H and O–H groups in total. The molecule has 0 aliphatic carbocycles. The average Bonchev–Trinajstić information content (AvgIpc) is 2.53. The van der Waals surface area contributed by atoms with Crippen molar-refractivity contribution in [1.82, 2.24) is 4.98 Å². The molecular weight excluding hydrogens is 346 g/mol. The topological polar surface area (TPSA) is 24.9 Å². The Kier molecular flexibility index (Phi) is 4.06. The van der Waals surface area contributed by atoms with Crippen LogP contribution in [0.5, 0.6) is 0 Å². The number of rotatable bonds is 2. The van der Waals surface area contributed by atoms with Gasteiger partial charge in [0.1, 0.15) is 5.69 Å². The van der Waals surface area contributed by atoms with Crippen LogP contribution in [0.3, 0.4) is 0 Å². The van der Waals surface area contributed by atoms with Gasteiger partial charge in [-0.15, -0.1) is 0 Å². The van der Waals surface area contributed by atoms with Gasteiger partial charge in [-0.1, -0.05) is 24.3 Å². The molecular formula is C17H10F6N2. The Hall–Kier alpha value is -2.77. The Bertz CT molecular complexity index is 901. The fourth-order valence-corrected chi connectivity index (χ4v) is 2.37. The minimum Gasteiger partial charge on any atom is -0.355 e. The van der Waals surface area contributed by atoms with E-state index in [1.54, 1.807) is 30.3 Å². The summed E-state index contributed by atoms with van der Waals surface area (Å²) >= 11 is 0. The minimum atomic E-state index is -4.98. The second kappa shape index (κ2) is 5.94. The Morgan fingerprint density at radius 1 is 0.720 bits per heavy atom. The van der Waals surface area contributed by atoms with Crippen LogP contribution in [0.15, 0.2) is 54.6 Å². The molecule has 3 aromatic rings. The van der Waals surface area contributed by atoms with Gasteiger partial charge in [0.15, 0.2) is 0 Å². The third kappa shape index (κ3) is 3.67. The zero-order chi connectivity index (χ0) is 18.2. The van der Waals surface area contributed by atoms with Crippen molar-refractivity contribution in [2.24, 2.45) is 0 Å². The molecule has 1 heterocycles. The quantitative estimate of drug-likeness (QED) is 0.568. The van der Waals surface area contributed by atoms with Crippen LogP contribution < -0.4 is 5.32 Å². The molecule has 0 radical (unpaired) electrons. The predicted molar refractivity (Wildman–Crippen MR) is 81.5 cm³/mol. The van der Waals surface area contributed by atoms with Crippen LogP contribution in [0.4, 0.5) is 37.7 Å². The molecule has 0 aliphatic heterocycles. The van der Waals surface area contributed by atoms with Gasteiger partial charge in [-0.3, -0.25) is 0 Å². The summed E-state index contributed by atoms with van der Waals surface area (Å²) < 4.78 is 78.0. The average molecular weight is 356 g/mol. The van der Waals surface area contributed by atoms with Crippen molar-refractivity contribution < 1.29 is 26.3 Å². The first-order valence-electron chi connectivity index (χ1n) is 7.06. The molecule has 0 fully saturated rings. The Balaban J connectivity index is 2.14. The standard InChI is InChI=1S/C17H10F6N2/c18-16(19,20)13-9-15(17(21,22)23)25-14-8-11(6-7-12(13)14)24-10-4-2-1-3-5-10/h1-9,24H. The number of nitrogens with zero attached hydrogens (tertiary/aromatic N) is 1. The zero-order valence-corrected chi connectivity index (χ0v) is 12.4. The summed E-state index contributed by atoms with van der Waals surface area (Å²) in [4.78, 5) is 3.36. The predicted octanol–water partition coefficient (Wildman–Crippen LogP) is 6.02. The smallest absolute Gasteiger partial charge is 0.355 e. The lowest BCUT2D eigenvalue weighted by molar-refractivity contribution is -0.144. The molecule has 3 rings (SSSR count). The molecule has 0 saturated carbocycles. The van der Waals surface area contributed by atoms with Gasteiger partial charge in [0.25, 0.3) is 0 Å². The number of nitrogens with one attached hydrogen (secondary N) is 1. The molecule has 0 amide bonds. The number of anilines is 2. The summed E-state index contributed by atoms with van der Waals surface area (Å²) in [6.07, 6.45) is -9.90. The first-order valence-corrected chi connectivity index (χ1v) is 7.06. The minimum absolute atomic E-state index is 0.0344. The van der Waals surface area contributed by atoms with Crippen LogP contribution in [0, 0.1) is 0 Å². The van der Waals surface area contributed by atoms with Crippen molar-refractivity contribution in [3.63, 3.8) is 0 Å². The Morgan fingerprint density at radius 2 is 1.40 bits per heavy atom. The van der Waals surface area contributed by atoms with E-state index in [-0.39, 0.29) is 17.0 Å². The van der Waals surface area contributed by atoms with Gasteiger partial charge in [0.2, 0.25) is 0 Å². The third-order valence-corrected chi connectivity index (χ3v) is 3.47. The molecule has 0 saturated heterocycles.